The van der Waals surface area contributed by atoms with Gasteiger partial charge < -0.3 is 15.7 Å². The summed E-state index contributed by atoms with van der Waals surface area (Å²) in [7, 11) is 0. The average Bonchev–Trinajstić information content (AvgIpc) is 2.37. The molecule has 5 nitrogen and oxygen atoms in total. The fourth-order valence-electron chi connectivity index (χ4n) is 1.33. The van der Waals surface area contributed by atoms with Gasteiger partial charge in [-0.25, -0.2) is 9.59 Å². The Labute approximate surface area is 116 Å². The van der Waals surface area contributed by atoms with E-state index < -0.39 is 5.97 Å². The number of carbonyl (C=O) groups excluding carboxylic acids is 1. The van der Waals surface area contributed by atoms with Crippen LogP contribution in [-0.4, -0.2) is 35.7 Å². The minimum absolute atomic E-state index is 0.270. The Bertz CT molecular complexity index is 475. The normalized spacial score (nSPS) is 10.4. The van der Waals surface area contributed by atoms with Gasteiger partial charge in [0, 0.05) is 24.1 Å². The van der Waals surface area contributed by atoms with Crippen LogP contribution in [0.3, 0.4) is 0 Å². The van der Waals surface area contributed by atoms with Crippen LogP contribution in [-0.2, 0) is 4.79 Å². The molecule has 0 saturated carbocycles. The van der Waals surface area contributed by atoms with Crippen molar-refractivity contribution in [3.8, 4) is 0 Å². The summed E-state index contributed by atoms with van der Waals surface area (Å²) in [6.07, 6.45) is 4.49. The van der Waals surface area contributed by atoms with E-state index in [4.69, 9.17) is 5.11 Å². The number of benzene rings is 1. The van der Waals surface area contributed by atoms with Crippen LogP contribution in [0.4, 0.5) is 10.5 Å². The lowest BCUT2D eigenvalue weighted by atomic mass is 10.2. The van der Waals surface area contributed by atoms with E-state index in [0.717, 1.165) is 11.8 Å². The van der Waals surface area contributed by atoms with Gasteiger partial charge in [-0.05, 0) is 30.0 Å². The van der Waals surface area contributed by atoms with E-state index >= 15 is 0 Å². The summed E-state index contributed by atoms with van der Waals surface area (Å²) in [6, 6.07) is 6.68. The highest BCUT2D eigenvalue weighted by Crippen LogP contribution is 2.11. The van der Waals surface area contributed by atoms with E-state index in [1.807, 2.05) is 6.26 Å². The number of urea groups is 1. The summed E-state index contributed by atoms with van der Waals surface area (Å²) in [4.78, 5) is 21.9. The van der Waals surface area contributed by atoms with Crippen LogP contribution in [0, 0.1) is 0 Å². The fourth-order valence-corrected chi connectivity index (χ4v) is 1.64. The van der Waals surface area contributed by atoms with Crippen LogP contribution in [0.2, 0.25) is 0 Å². The molecular weight excluding hydrogens is 264 g/mol. The van der Waals surface area contributed by atoms with E-state index in [9.17, 15) is 9.59 Å². The van der Waals surface area contributed by atoms with Crippen LogP contribution in [0.1, 0.15) is 5.56 Å². The van der Waals surface area contributed by atoms with Crippen molar-refractivity contribution in [2.24, 2.45) is 0 Å². The van der Waals surface area contributed by atoms with Gasteiger partial charge in [0.05, 0.1) is 0 Å². The van der Waals surface area contributed by atoms with Crippen molar-refractivity contribution in [2.75, 3.05) is 23.9 Å². The molecule has 0 atom stereocenters. The number of hydrogen-bond acceptors (Lipinski definition) is 3. The van der Waals surface area contributed by atoms with Crippen molar-refractivity contribution in [1.82, 2.24) is 5.32 Å². The largest absolute Gasteiger partial charge is 0.478 e. The molecule has 1 rings (SSSR count). The molecular formula is C13H16N2O3S. The van der Waals surface area contributed by atoms with Gasteiger partial charge in [0.1, 0.15) is 0 Å². The highest BCUT2D eigenvalue weighted by atomic mass is 32.2. The molecule has 0 aliphatic rings. The number of amides is 2. The molecule has 1 aromatic carbocycles. The van der Waals surface area contributed by atoms with E-state index in [1.54, 1.807) is 36.0 Å². The van der Waals surface area contributed by atoms with Crippen molar-refractivity contribution >= 4 is 35.5 Å². The maximum absolute atomic E-state index is 11.5. The molecule has 0 unspecified atom stereocenters. The maximum Gasteiger partial charge on any atom is 0.328 e. The number of thioether (sulfide) groups is 1. The number of carbonyl (C=O) groups is 2. The summed E-state index contributed by atoms with van der Waals surface area (Å²) >= 11 is 1.65. The Kier molecular flexibility index (Phi) is 6.52. The average molecular weight is 280 g/mol. The smallest absolute Gasteiger partial charge is 0.328 e. The van der Waals surface area contributed by atoms with Crippen LogP contribution in [0.25, 0.3) is 6.08 Å². The summed E-state index contributed by atoms with van der Waals surface area (Å²) in [5.74, 6) is -0.150. The molecule has 0 bridgehead atoms. The number of rotatable bonds is 6. The zero-order valence-electron chi connectivity index (χ0n) is 10.6. The van der Waals surface area contributed by atoms with Gasteiger partial charge >= 0.3 is 12.0 Å². The number of carboxylic acids is 1. The van der Waals surface area contributed by atoms with Gasteiger partial charge in [0.2, 0.25) is 0 Å². The van der Waals surface area contributed by atoms with Crippen molar-refractivity contribution in [1.29, 1.82) is 0 Å². The van der Waals surface area contributed by atoms with Gasteiger partial charge in [-0.3, -0.25) is 0 Å². The van der Waals surface area contributed by atoms with Crippen LogP contribution >= 0.6 is 11.8 Å². The van der Waals surface area contributed by atoms with Crippen LogP contribution < -0.4 is 10.6 Å². The predicted octanol–water partition coefficient (Wildman–Crippen LogP) is 2.27. The molecule has 3 N–H and O–H groups in total. The first-order chi connectivity index (χ1) is 9.11. The Hall–Kier alpha value is -1.95. The second kappa shape index (κ2) is 8.20. The van der Waals surface area contributed by atoms with Crippen LogP contribution in [0.15, 0.2) is 30.3 Å². The molecule has 0 heterocycles. The van der Waals surface area contributed by atoms with E-state index in [1.165, 1.54) is 6.08 Å². The molecule has 0 saturated heterocycles. The van der Waals surface area contributed by atoms with Gasteiger partial charge in [0.25, 0.3) is 0 Å². The minimum Gasteiger partial charge on any atom is -0.478 e. The lowest BCUT2D eigenvalue weighted by Gasteiger charge is -2.07. The zero-order valence-corrected chi connectivity index (χ0v) is 11.4. The lowest BCUT2D eigenvalue weighted by Crippen LogP contribution is -2.30. The summed E-state index contributed by atoms with van der Waals surface area (Å²) < 4.78 is 0. The number of carboxylic acid groups (broad SMARTS) is 1. The van der Waals surface area contributed by atoms with Gasteiger partial charge in [-0.15, -0.1) is 0 Å². The van der Waals surface area contributed by atoms with Gasteiger partial charge in [-0.1, -0.05) is 12.1 Å². The van der Waals surface area contributed by atoms with E-state index in [-0.39, 0.29) is 6.03 Å². The first-order valence-electron chi connectivity index (χ1n) is 5.66. The second-order valence-corrected chi connectivity index (χ2v) is 4.66. The molecule has 0 aliphatic heterocycles. The summed E-state index contributed by atoms with van der Waals surface area (Å²) in [5, 5.41) is 13.9. The topological polar surface area (TPSA) is 78.4 Å². The molecule has 1 aromatic rings. The molecule has 6 heteroatoms. The van der Waals surface area contributed by atoms with Gasteiger partial charge in [0.15, 0.2) is 0 Å². The Morgan fingerprint density at radius 3 is 2.89 bits per heavy atom. The zero-order chi connectivity index (χ0) is 14.1. The Morgan fingerprint density at radius 2 is 2.21 bits per heavy atom. The minimum atomic E-state index is -1.01. The molecule has 0 spiro atoms. The molecule has 0 aromatic heterocycles. The van der Waals surface area contributed by atoms with Gasteiger partial charge in [-0.2, -0.15) is 11.8 Å². The van der Waals surface area contributed by atoms with Crippen molar-refractivity contribution < 1.29 is 14.7 Å². The van der Waals surface area contributed by atoms with Crippen molar-refractivity contribution in [3.05, 3.63) is 35.9 Å². The third-order valence-electron chi connectivity index (χ3n) is 2.15. The highest BCUT2D eigenvalue weighted by molar-refractivity contribution is 7.98. The molecule has 102 valence electrons. The van der Waals surface area contributed by atoms with Crippen LogP contribution in [0.5, 0.6) is 0 Å². The van der Waals surface area contributed by atoms with Crippen molar-refractivity contribution in [2.45, 2.75) is 0 Å². The van der Waals surface area contributed by atoms with E-state index in [2.05, 4.69) is 10.6 Å². The number of anilines is 1. The highest BCUT2D eigenvalue weighted by Gasteiger charge is 2.00. The Balaban J connectivity index is 2.56. The monoisotopic (exact) mass is 280 g/mol. The second-order valence-electron chi connectivity index (χ2n) is 3.67. The fraction of sp³-hybridized carbons (Fsp3) is 0.231. The van der Waals surface area contributed by atoms with E-state index in [0.29, 0.717) is 17.8 Å². The number of hydrogen-bond donors (Lipinski definition) is 3. The first-order valence-corrected chi connectivity index (χ1v) is 7.06. The molecule has 2 amide bonds. The summed E-state index contributed by atoms with van der Waals surface area (Å²) in [6.45, 7) is 0.603. The number of aliphatic carboxylic acids is 1. The molecule has 0 radical (unpaired) electrons. The molecule has 0 aliphatic carbocycles. The summed E-state index contributed by atoms with van der Waals surface area (Å²) in [5.41, 5.74) is 1.33. The third-order valence-corrected chi connectivity index (χ3v) is 2.77. The lowest BCUT2D eigenvalue weighted by molar-refractivity contribution is -0.131. The maximum atomic E-state index is 11.5. The molecule has 0 fully saturated rings. The quantitative estimate of drug-likeness (QED) is 0.552. The Morgan fingerprint density at radius 1 is 1.42 bits per heavy atom. The SMILES string of the molecule is CSCCNC(=O)Nc1cccc(/C=C/C(=O)O)c1. The first kappa shape index (κ1) is 15.1. The third kappa shape index (κ3) is 6.52. The predicted molar refractivity (Wildman–Crippen MR) is 78.5 cm³/mol. The molecule has 19 heavy (non-hydrogen) atoms. The number of nitrogens with one attached hydrogen (secondary N) is 2. The standard InChI is InChI=1S/C13H16N2O3S/c1-19-8-7-14-13(18)15-11-4-2-3-10(9-11)5-6-12(16)17/h2-6,9H,7-8H2,1H3,(H,16,17)(H2,14,15,18)/b6-5+. The van der Waals surface area contributed by atoms with Crippen molar-refractivity contribution in [3.63, 3.8) is 0 Å².